The highest BCUT2D eigenvalue weighted by atomic mass is 16.5. The predicted molar refractivity (Wildman–Crippen MR) is 87.2 cm³/mol. The predicted octanol–water partition coefficient (Wildman–Crippen LogP) is 4.38. The van der Waals surface area contributed by atoms with E-state index in [0.717, 1.165) is 30.1 Å². The van der Waals surface area contributed by atoms with E-state index >= 15 is 0 Å². The summed E-state index contributed by atoms with van der Waals surface area (Å²) < 4.78 is 5.44. The van der Waals surface area contributed by atoms with Gasteiger partial charge in [0.25, 0.3) is 0 Å². The average Bonchev–Trinajstić information content (AvgIpc) is 2.86. The molecule has 0 amide bonds. The van der Waals surface area contributed by atoms with Crippen LogP contribution >= 0.6 is 0 Å². The summed E-state index contributed by atoms with van der Waals surface area (Å²) in [6.07, 6.45) is 0. The fourth-order valence-corrected chi connectivity index (χ4v) is 2.15. The molecule has 0 saturated heterocycles. The van der Waals surface area contributed by atoms with Crippen molar-refractivity contribution >= 4 is 0 Å². The normalized spacial score (nSPS) is 12.1. The lowest BCUT2D eigenvalue weighted by atomic mass is 9.86. The fourth-order valence-electron chi connectivity index (χ4n) is 2.15. The van der Waals surface area contributed by atoms with E-state index in [1.165, 1.54) is 5.56 Å². The first-order valence-corrected chi connectivity index (χ1v) is 7.63. The van der Waals surface area contributed by atoms with Crippen molar-refractivity contribution in [2.24, 2.45) is 5.92 Å². The second-order valence-corrected chi connectivity index (χ2v) is 7.03. The molecular formula is C18H26N2O. The lowest BCUT2D eigenvalue weighted by molar-refractivity contribution is 0.418. The highest BCUT2D eigenvalue weighted by Crippen LogP contribution is 2.26. The molecule has 0 saturated carbocycles. The SMILES string of the molecule is CC(C)CNCc1cc(-c2ccc(C(C)(C)C)cc2)on1. The zero-order valence-corrected chi connectivity index (χ0v) is 13.7. The first kappa shape index (κ1) is 15.8. The molecule has 0 bridgehead atoms. The summed E-state index contributed by atoms with van der Waals surface area (Å²) >= 11 is 0. The zero-order valence-electron chi connectivity index (χ0n) is 13.7. The molecule has 0 aliphatic rings. The molecule has 1 aromatic heterocycles. The molecule has 2 rings (SSSR count). The molecule has 21 heavy (non-hydrogen) atoms. The van der Waals surface area contributed by atoms with Gasteiger partial charge in [0.05, 0.1) is 5.69 Å². The molecule has 0 radical (unpaired) electrons. The Morgan fingerprint density at radius 2 is 1.81 bits per heavy atom. The Morgan fingerprint density at radius 3 is 2.38 bits per heavy atom. The van der Waals surface area contributed by atoms with Gasteiger partial charge in [-0.05, 0) is 23.4 Å². The summed E-state index contributed by atoms with van der Waals surface area (Å²) in [4.78, 5) is 0. The van der Waals surface area contributed by atoms with Gasteiger partial charge < -0.3 is 9.84 Å². The monoisotopic (exact) mass is 286 g/mol. The molecule has 0 aliphatic carbocycles. The summed E-state index contributed by atoms with van der Waals surface area (Å²) in [5, 5.41) is 7.50. The number of benzene rings is 1. The molecule has 0 unspecified atom stereocenters. The quantitative estimate of drug-likeness (QED) is 0.886. The van der Waals surface area contributed by atoms with Crippen LogP contribution in [0.5, 0.6) is 0 Å². The Morgan fingerprint density at radius 1 is 1.14 bits per heavy atom. The second-order valence-electron chi connectivity index (χ2n) is 7.03. The standard InChI is InChI=1S/C18H26N2O/c1-13(2)11-19-12-16-10-17(21-20-16)14-6-8-15(9-7-14)18(3,4)5/h6-10,13,19H,11-12H2,1-5H3. The van der Waals surface area contributed by atoms with Gasteiger partial charge in [-0.2, -0.15) is 0 Å². The Balaban J connectivity index is 2.04. The number of nitrogens with one attached hydrogen (secondary N) is 1. The van der Waals surface area contributed by atoms with Crippen LogP contribution in [0.2, 0.25) is 0 Å². The maximum Gasteiger partial charge on any atom is 0.167 e. The molecule has 114 valence electrons. The first-order valence-electron chi connectivity index (χ1n) is 7.63. The van der Waals surface area contributed by atoms with Gasteiger partial charge in [0, 0.05) is 18.2 Å². The third-order valence-corrected chi connectivity index (χ3v) is 3.45. The molecule has 0 atom stereocenters. The van der Waals surface area contributed by atoms with E-state index in [1.54, 1.807) is 0 Å². The molecule has 0 fully saturated rings. The van der Waals surface area contributed by atoms with E-state index in [4.69, 9.17) is 4.52 Å². The van der Waals surface area contributed by atoms with E-state index in [9.17, 15) is 0 Å². The van der Waals surface area contributed by atoms with Crippen LogP contribution in [0, 0.1) is 5.92 Å². The van der Waals surface area contributed by atoms with E-state index in [1.807, 2.05) is 6.07 Å². The van der Waals surface area contributed by atoms with Crippen LogP contribution in [-0.2, 0) is 12.0 Å². The van der Waals surface area contributed by atoms with E-state index in [0.29, 0.717) is 5.92 Å². The molecule has 3 heteroatoms. The van der Waals surface area contributed by atoms with Gasteiger partial charge in [-0.25, -0.2) is 0 Å². The van der Waals surface area contributed by atoms with Gasteiger partial charge >= 0.3 is 0 Å². The first-order chi connectivity index (χ1) is 9.86. The summed E-state index contributed by atoms with van der Waals surface area (Å²) in [7, 11) is 0. The van der Waals surface area contributed by atoms with Crippen LogP contribution in [0.4, 0.5) is 0 Å². The lowest BCUT2D eigenvalue weighted by Crippen LogP contribution is -2.18. The third-order valence-electron chi connectivity index (χ3n) is 3.45. The van der Waals surface area contributed by atoms with Gasteiger partial charge in [-0.15, -0.1) is 0 Å². The third kappa shape index (κ3) is 4.43. The van der Waals surface area contributed by atoms with Crippen LogP contribution in [0.1, 0.15) is 45.9 Å². The molecule has 0 aliphatic heterocycles. The summed E-state index contributed by atoms with van der Waals surface area (Å²) in [5.74, 6) is 1.47. The van der Waals surface area contributed by atoms with Gasteiger partial charge in [-0.3, -0.25) is 0 Å². The van der Waals surface area contributed by atoms with Gasteiger partial charge in [0.15, 0.2) is 5.76 Å². The minimum absolute atomic E-state index is 0.172. The molecular weight excluding hydrogens is 260 g/mol. The number of hydrogen-bond acceptors (Lipinski definition) is 3. The summed E-state index contributed by atoms with van der Waals surface area (Å²) in [6.45, 7) is 12.8. The molecule has 0 spiro atoms. The topological polar surface area (TPSA) is 38.1 Å². The summed E-state index contributed by atoms with van der Waals surface area (Å²) in [5.41, 5.74) is 3.52. The smallest absolute Gasteiger partial charge is 0.167 e. The number of aromatic nitrogens is 1. The Bertz CT molecular complexity index is 562. The van der Waals surface area contributed by atoms with Crippen molar-refractivity contribution < 1.29 is 4.52 Å². The zero-order chi connectivity index (χ0) is 15.5. The van der Waals surface area contributed by atoms with E-state index in [2.05, 4.69) is 69.4 Å². The molecule has 2 aromatic rings. The van der Waals surface area contributed by atoms with Crippen LogP contribution < -0.4 is 5.32 Å². The maximum absolute atomic E-state index is 5.44. The number of rotatable bonds is 5. The average molecular weight is 286 g/mol. The Kier molecular flexibility index (Phi) is 4.84. The van der Waals surface area contributed by atoms with E-state index < -0.39 is 0 Å². The maximum atomic E-state index is 5.44. The van der Waals surface area contributed by atoms with Gasteiger partial charge in [0.2, 0.25) is 0 Å². The van der Waals surface area contributed by atoms with Crippen molar-refractivity contribution in [3.8, 4) is 11.3 Å². The van der Waals surface area contributed by atoms with Crippen LogP contribution in [0.3, 0.4) is 0 Å². The Labute approximate surface area is 127 Å². The van der Waals surface area contributed by atoms with Crippen LogP contribution in [0.15, 0.2) is 34.9 Å². The fraction of sp³-hybridized carbons (Fsp3) is 0.500. The van der Waals surface area contributed by atoms with E-state index in [-0.39, 0.29) is 5.41 Å². The van der Waals surface area contributed by atoms with Gasteiger partial charge in [-0.1, -0.05) is 64.0 Å². The lowest BCUT2D eigenvalue weighted by Gasteiger charge is -2.18. The van der Waals surface area contributed by atoms with Gasteiger partial charge in [0.1, 0.15) is 0 Å². The minimum atomic E-state index is 0.172. The van der Waals surface area contributed by atoms with Crippen molar-refractivity contribution in [3.05, 3.63) is 41.6 Å². The number of nitrogens with zero attached hydrogens (tertiary/aromatic N) is 1. The second kappa shape index (κ2) is 6.44. The van der Waals surface area contributed by atoms with Crippen molar-refractivity contribution in [1.29, 1.82) is 0 Å². The molecule has 1 aromatic carbocycles. The highest BCUT2D eigenvalue weighted by Gasteiger charge is 2.14. The number of hydrogen-bond donors (Lipinski definition) is 1. The van der Waals surface area contributed by atoms with Crippen LogP contribution in [0.25, 0.3) is 11.3 Å². The van der Waals surface area contributed by atoms with Crippen molar-refractivity contribution in [1.82, 2.24) is 10.5 Å². The van der Waals surface area contributed by atoms with Crippen molar-refractivity contribution in [2.45, 2.75) is 46.6 Å². The molecule has 3 nitrogen and oxygen atoms in total. The van der Waals surface area contributed by atoms with Crippen LogP contribution in [-0.4, -0.2) is 11.7 Å². The Hall–Kier alpha value is -1.61. The highest BCUT2D eigenvalue weighted by molar-refractivity contribution is 5.58. The molecule has 1 N–H and O–H groups in total. The van der Waals surface area contributed by atoms with Crippen molar-refractivity contribution in [2.75, 3.05) is 6.54 Å². The van der Waals surface area contributed by atoms with Crippen molar-refractivity contribution in [3.63, 3.8) is 0 Å². The minimum Gasteiger partial charge on any atom is -0.356 e. The molecule has 1 heterocycles. The largest absolute Gasteiger partial charge is 0.356 e. The summed E-state index contributed by atoms with van der Waals surface area (Å²) in [6, 6.07) is 10.5.